The molecule has 0 unspecified atom stereocenters. The summed E-state index contributed by atoms with van der Waals surface area (Å²) in [6.07, 6.45) is 2.50. The number of nitrogens with two attached hydrogens (primary N) is 1. The number of halogens is 1. The molecule has 0 radical (unpaired) electrons. The highest BCUT2D eigenvalue weighted by Gasteiger charge is 2.18. The summed E-state index contributed by atoms with van der Waals surface area (Å²) in [6.45, 7) is 4.14. The van der Waals surface area contributed by atoms with Gasteiger partial charge in [-0.2, -0.15) is 0 Å². The van der Waals surface area contributed by atoms with E-state index in [-0.39, 0.29) is 11.5 Å². The second-order valence-corrected chi connectivity index (χ2v) is 5.76. The molecule has 2 N–H and O–H groups in total. The maximum absolute atomic E-state index is 13.4. The van der Waals surface area contributed by atoms with Crippen molar-refractivity contribution in [3.8, 4) is 0 Å². The van der Waals surface area contributed by atoms with Crippen molar-refractivity contribution in [3.63, 3.8) is 0 Å². The van der Waals surface area contributed by atoms with Crippen molar-refractivity contribution in [1.29, 1.82) is 0 Å². The van der Waals surface area contributed by atoms with Gasteiger partial charge >= 0.3 is 0 Å². The minimum Gasteiger partial charge on any atom is -0.396 e. The van der Waals surface area contributed by atoms with Gasteiger partial charge in [0.25, 0.3) is 0 Å². The second-order valence-electron chi connectivity index (χ2n) is 5.76. The van der Waals surface area contributed by atoms with Crippen LogP contribution in [0, 0.1) is 11.7 Å². The Bertz CT molecular complexity index is 414. The SMILES string of the molecule is CN1CCC(CN(C)Cc2cccc(F)c2N)CC1. The van der Waals surface area contributed by atoms with E-state index in [4.69, 9.17) is 5.73 Å². The fourth-order valence-corrected chi connectivity index (χ4v) is 2.76. The summed E-state index contributed by atoms with van der Waals surface area (Å²) in [6, 6.07) is 5.05. The zero-order valence-electron chi connectivity index (χ0n) is 11.9. The first-order valence-corrected chi connectivity index (χ1v) is 6.96. The van der Waals surface area contributed by atoms with E-state index in [2.05, 4.69) is 23.9 Å². The number of benzene rings is 1. The number of rotatable bonds is 4. The Kier molecular flexibility index (Phi) is 4.77. The molecule has 1 aliphatic heterocycles. The van der Waals surface area contributed by atoms with Crippen LogP contribution in [0.15, 0.2) is 18.2 Å². The predicted octanol–water partition coefficient (Wildman–Crippen LogP) is 2.18. The Morgan fingerprint density at radius 2 is 2.05 bits per heavy atom. The lowest BCUT2D eigenvalue weighted by Crippen LogP contribution is -2.35. The lowest BCUT2D eigenvalue weighted by molar-refractivity contribution is 0.173. The summed E-state index contributed by atoms with van der Waals surface area (Å²) in [7, 11) is 4.26. The van der Waals surface area contributed by atoms with Gasteiger partial charge in [-0.1, -0.05) is 12.1 Å². The Balaban J connectivity index is 1.87. The van der Waals surface area contributed by atoms with E-state index in [1.165, 1.54) is 32.0 Å². The molecule has 1 heterocycles. The van der Waals surface area contributed by atoms with Crippen LogP contribution in [0.4, 0.5) is 10.1 Å². The highest BCUT2D eigenvalue weighted by atomic mass is 19.1. The molecular weight excluding hydrogens is 241 g/mol. The van der Waals surface area contributed by atoms with E-state index in [1.54, 1.807) is 6.07 Å². The summed E-state index contributed by atoms with van der Waals surface area (Å²) in [5.41, 5.74) is 6.95. The highest BCUT2D eigenvalue weighted by molar-refractivity contribution is 5.47. The Morgan fingerprint density at radius 3 is 2.74 bits per heavy atom. The molecule has 2 rings (SSSR count). The van der Waals surface area contributed by atoms with Gasteiger partial charge in [-0.15, -0.1) is 0 Å². The molecule has 0 aromatic heterocycles. The van der Waals surface area contributed by atoms with Crippen molar-refractivity contribution >= 4 is 5.69 Å². The quantitative estimate of drug-likeness (QED) is 0.847. The largest absolute Gasteiger partial charge is 0.396 e. The molecule has 0 aliphatic carbocycles. The summed E-state index contributed by atoms with van der Waals surface area (Å²) < 4.78 is 13.4. The van der Waals surface area contributed by atoms with Crippen LogP contribution in [0.1, 0.15) is 18.4 Å². The summed E-state index contributed by atoms with van der Waals surface area (Å²) in [4.78, 5) is 4.63. The van der Waals surface area contributed by atoms with Gasteiger partial charge < -0.3 is 15.5 Å². The highest BCUT2D eigenvalue weighted by Crippen LogP contribution is 2.20. The standard InChI is InChI=1S/C15H24FN3/c1-18-8-6-12(7-9-18)10-19(2)11-13-4-3-5-14(16)15(13)17/h3-5,12H,6-11,17H2,1-2H3. The Labute approximate surface area is 115 Å². The average Bonchev–Trinajstić information content (AvgIpc) is 2.38. The molecule has 3 nitrogen and oxygen atoms in total. The normalized spacial score (nSPS) is 18.1. The molecule has 4 heteroatoms. The van der Waals surface area contributed by atoms with Gasteiger partial charge in [0.05, 0.1) is 5.69 Å². The number of hydrogen-bond acceptors (Lipinski definition) is 3. The van der Waals surface area contributed by atoms with Crippen molar-refractivity contribution in [2.24, 2.45) is 5.92 Å². The second kappa shape index (κ2) is 6.35. The maximum atomic E-state index is 13.4. The van der Waals surface area contributed by atoms with E-state index in [1.807, 2.05) is 6.07 Å². The van der Waals surface area contributed by atoms with Gasteiger partial charge in [0.15, 0.2) is 0 Å². The molecule has 0 saturated carbocycles. The van der Waals surface area contributed by atoms with Crippen molar-refractivity contribution in [2.45, 2.75) is 19.4 Å². The van der Waals surface area contributed by atoms with Gasteiger partial charge in [-0.3, -0.25) is 0 Å². The van der Waals surface area contributed by atoms with Gasteiger partial charge in [0.1, 0.15) is 5.82 Å². The smallest absolute Gasteiger partial charge is 0.146 e. The fraction of sp³-hybridized carbons (Fsp3) is 0.600. The first-order chi connectivity index (χ1) is 9.06. The fourth-order valence-electron chi connectivity index (χ4n) is 2.76. The average molecular weight is 265 g/mol. The van der Waals surface area contributed by atoms with Crippen LogP contribution in [-0.4, -0.2) is 43.5 Å². The molecule has 19 heavy (non-hydrogen) atoms. The van der Waals surface area contributed by atoms with Crippen LogP contribution in [0.5, 0.6) is 0 Å². The molecule has 1 fully saturated rings. The minimum atomic E-state index is -0.315. The summed E-state index contributed by atoms with van der Waals surface area (Å²) >= 11 is 0. The van der Waals surface area contributed by atoms with Crippen LogP contribution in [-0.2, 0) is 6.54 Å². The molecule has 0 amide bonds. The van der Waals surface area contributed by atoms with Gasteiger partial charge in [0, 0.05) is 13.1 Å². The van der Waals surface area contributed by atoms with Crippen LogP contribution in [0.3, 0.4) is 0 Å². The van der Waals surface area contributed by atoms with E-state index < -0.39 is 0 Å². The molecule has 1 aromatic rings. The van der Waals surface area contributed by atoms with E-state index in [0.717, 1.165) is 24.6 Å². The zero-order valence-corrected chi connectivity index (χ0v) is 11.9. The molecule has 0 spiro atoms. The Hall–Kier alpha value is -1.13. The number of nitrogen functional groups attached to an aromatic ring is 1. The van der Waals surface area contributed by atoms with E-state index in [9.17, 15) is 4.39 Å². The topological polar surface area (TPSA) is 32.5 Å². The maximum Gasteiger partial charge on any atom is 0.146 e. The van der Waals surface area contributed by atoms with Gasteiger partial charge in [-0.25, -0.2) is 4.39 Å². The van der Waals surface area contributed by atoms with E-state index in [0.29, 0.717) is 0 Å². The summed E-state index contributed by atoms with van der Waals surface area (Å²) in [5, 5.41) is 0. The molecule has 106 valence electrons. The van der Waals surface area contributed by atoms with Crippen LogP contribution >= 0.6 is 0 Å². The van der Waals surface area contributed by atoms with Crippen molar-refractivity contribution in [2.75, 3.05) is 39.5 Å². The monoisotopic (exact) mass is 265 g/mol. The number of hydrogen-bond donors (Lipinski definition) is 1. The first kappa shape index (κ1) is 14.3. The third-order valence-electron chi connectivity index (χ3n) is 3.99. The molecular formula is C15H24FN3. The van der Waals surface area contributed by atoms with Crippen molar-refractivity contribution in [3.05, 3.63) is 29.6 Å². The third kappa shape index (κ3) is 3.91. The molecule has 0 bridgehead atoms. The van der Waals surface area contributed by atoms with Crippen molar-refractivity contribution < 1.29 is 4.39 Å². The predicted molar refractivity (Wildman–Crippen MR) is 77.4 cm³/mol. The van der Waals surface area contributed by atoms with Gasteiger partial charge in [0.2, 0.25) is 0 Å². The van der Waals surface area contributed by atoms with Crippen LogP contribution in [0.25, 0.3) is 0 Å². The molecule has 1 saturated heterocycles. The summed E-state index contributed by atoms with van der Waals surface area (Å²) in [5.74, 6) is 0.432. The zero-order chi connectivity index (χ0) is 13.8. The molecule has 1 aliphatic rings. The van der Waals surface area contributed by atoms with E-state index >= 15 is 0 Å². The Morgan fingerprint density at radius 1 is 1.37 bits per heavy atom. The third-order valence-corrected chi connectivity index (χ3v) is 3.99. The number of piperidine rings is 1. The first-order valence-electron chi connectivity index (χ1n) is 6.96. The molecule has 1 aromatic carbocycles. The van der Waals surface area contributed by atoms with Crippen LogP contribution in [0.2, 0.25) is 0 Å². The lowest BCUT2D eigenvalue weighted by Gasteiger charge is -2.31. The number of nitrogens with zero attached hydrogens (tertiary/aromatic N) is 2. The van der Waals surface area contributed by atoms with Gasteiger partial charge in [-0.05, 0) is 57.6 Å². The number of likely N-dealkylation sites (tertiary alicyclic amines) is 1. The number of anilines is 1. The van der Waals surface area contributed by atoms with Crippen LogP contribution < -0.4 is 5.73 Å². The lowest BCUT2D eigenvalue weighted by atomic mass is 9.96. The minimum absolute atomic E-state index is 0.290. The van der Waals surface area contributed by atoms with Crippen molar-refractivity contribution in [1.82, 2.24) is 9.80 Å². The number of para-hydroxylation sites is 1. The molecule has 0 atom stereocenters.